The van der Waals surface area contributed by atoms with Crippen LogP contribution in [0.25, 0.3) is 0 Å². The van der Waals surface area contributed by atoms with Crippen LogP contribution in [0, 0.1) is 5.92 Å². The Morgan fingerprint density at radius 3 is 2.65 bits per heavy atom. The summed E-state index contributed by atoms with van der Waals surface area (Å²) in [5.41, 5.74) is 0. The lowest BCUT2D eigenvalue weighted by atomic mass is 9.92. The molecule has 5 atom stereocenters. The van der Waals surface area contributed by atoms with E-state index in [-0.39, 0.29) is 0 Å². The lowest BCUT2D eigenvalue weighted by Gasteiger charge is -2.33. The highest BCUT2D eigenvalue weighted by molar-refractivity contribution is 7.98. The van der Waals surface area contributed by atoms with Crippen LogP contribution >= 0.6 is 11.8 Å². The van der Waals surface area contributed by atoms with E-state index < -0.39 is 0 Å². The van der Waals surface area contributed by atoms with Crippen molar-refractivity contribution in [2.24, 2.45) is 5.92 Å². The highest BCUT2D eigenvalue weighted by Crippen LogP contribution is 2.27. The third-order valence-electron chi connectivity index (χ3n) is 4.40. The van der Waals surface area contributed by atoms with Crippen molar-refractivity contribution in [2.45, 2.75) is 70.3 Å². The van der Waals surface area contributed by atoms with Crippen molar-refractivity contribution in [1.82, 2.24) is 5.32 Å². The summed E-state index contributed by atoms with van der Waals surface area (Å²) in [7, 11) is 0. The van der Waals surface area contributed by atoms with Gasteiger partial charge in [-0.25, -0.2) is 0 Å². The van der Waals surface area contributed by atoms with E-state index in [1.54, 1.807) is 0 Å². The minimum atomic E-state index is 0.395. The summed E-state index contributed by atoms with van der Waals surface area (Å²) in [6.45, 7) is 6.39. The summed E-state index contributed by atoms with van der Waals surface area (Å²) >= 11 is 1.90. The Kier molecular flexibility index (Phi) is 7.15. The second-order valence-corrected chi connectivity index (χ2v) is 7.52. The van der Waals surface area contributed by atoms with Crippen LogP contribution in [0.5, 0.6) is 0 Å². The summed E-state index contributed by atoms with van der Waals surface area (Å²) in [5, 5.41) is 3.51. The van der Waals surface area contributed by atoms with Gasteiger partial charge >= 0.3 is 0 Å². The zero-order chi connectivity index (χ0) is 14.4. The normalized spacial score (nSPS) is 36.8. The van der Waals surface area contributed by atoms with Crippen LogP contribution in [0.3, 0.4) is 0 Å². The molecule has 0 aromatic heterocycles. The lowest BCUT2D eigenvalue weighted by Crippen LogP contribution is -2.45. The van der Waals surface area contributed by atoms with Gasteiger partial charge in [0.25, 0.3) is 0 Å². The Hall–Kier alpha value is 0.230. The number of hydrogen-bond acceptors (Lipinski definition) is 4. The largest absolute Gasteiger partial charge is 0.375 e. The molecule has 20 heavy (non-hydrogen) atoms. The van der Waals surface area contributed by atoms with Crippen LogP contribution < -0.4 is 5.32 Å². The van der Waals surface area contributed by atoms with Gasteiger partial charge in [0.1, 0.15) is 0 Å². The molecule has 0 spiro atoms. The second kappa shape index (κ2) is 8.62. The third-order valence-corrected chi connectivity index (χ3v) is 5.10. The van der Waals surface area contributed by atoms with Gasteiger partial charge in [-0.15, -0.1) is 0 Å². The molecular weight excluding hydrogens is 270 g/mol. The van der Waals surface area contributed by atoms with Gasteiger partial charge in [-0.2, -0.15) is 11.8 Å². The molecule has 0 radical (unpaired) electrons. The fourth-order valence-electron chi connectivity index (χ4n) is 3.34. The monoisotopic (exact) mass is 301 g/mol. The first kappa shape index (κ1) is 16.6. The Morgan fingerprint density at radius 2 is 1.95 bits per heavy atom. The molecule has 0 saturated carbocycles. The van der Waals surface area contributed by atoms with Crippen LogP contribution in [-0.2, 0) is 9.47 Å². The first-order valence-electron chi connectivity index (χ1n) is 8.16. The molecule has 0 bridgehead atoms. The summed E-state index contributed by atoms with van der Waals surface area (Å²) in [6.07, 6.45) is 9.72. The van der Waals surface area contributed by atoms with E-state index in [0.717, 1.165) is 25.3 Å². The van der Waals surface area contributed by atoms with Gasteiger partial charge in [-0.1, -0.05) is 6.92 Å². The zero-order valence-electron chi connectivity index (χ0n) is 13.3. The quantitative estimate of drug-likeness (QED) is 0.817. The zero-order valence-corrected chi connectivity index (χ0v) is 14.1. The topological polar surface area (TPSA) is 30.5 Å². The van der Waals surface area contributed by atoms with Crippen molar-refractivity contribution in [1.29, 1.82) is 0 Å². The highest BCUT2D eigenvalue weighted by atomic mass is 32.2. The molecule has 2 aliphatic heterocycles. The third kappa shape index (κ3) is 5.55. The Bertz CT molecular complexity index is 267. The Balaban J connectivity index is 1.67. The molecule has 2 saturated heterocycles. The maximum Gasteiger partial charge on any atom is 0.0702 e. The van der Waals surface area contributed by atoms with Gasteiger partial charge in [0.05, 0.1) is 24.9 Å². The molecule has 5 unspecified atom stereocenters. The molecule has 2 fully saturated rings. The van der Waals surface area contributed by atoms with Crippen molar-refractivity contribution in [2.75, 3.05) is 25.2 Å². The molecule has 1 N–H and O–H groups in total. The number of rotatable bonds is 6. The van der Waals surface area contributed by atoms with Gasteiger partial charge in [0.15, 0.2) is 0 Å². The smallest absolute Gasteiger partial charge is 0.0702 e. The Morgan fingerprint density at radius 1 is 1.20 bits per heavy atom. The predicted molar refractivity (Wildman–Crippen MR) is 86.5 cm³/mol. The molecule has 2 aliphatic rings. The number of hydrogen-bond donors (Lipinski definition) is 1. The Labute approximate surface area is 128 Å². The van der Waals surface area contributed by atoms with Gasteiger partial charge in [-0.3, -0.25) is 0 Å². The molecule has 0 amide bonds. The second-order valence-electron chi connectivity index (χ2n) is 6.61. The van der Waals surface area contributed by atoms with Gasteiger partial charge in [-0.05, 0) is 51.2 Å². The van der Waals surface area contributed by atoms with Crippen molar-refractivity contribution >= 4 is 11.8 Å². The van der Waals surface area contributed by atoms with Crippen LogP contribution in [-0.4, -0.2) is 49.5 Å². The fraction of sp³-hybridized carbons (Fsp3) is 1.00. The van der Waals surface area contributed by atoms with Crippen molar-refractivity contribution < 1.29 is 9.47 Å². The van der Waals surface area contributed by atoms with Crippen LogP contribution in [0.4, 0.5) is 0 Å². The molecule has 3 nitrogen and oxygen atoms in total. The molecule has 4 heteroatoms. The van der Waals surface area contributed by atoms with Crippen molar-refractivity contribution in [3.05, 3.63) is 0 Å². The van der Waals surface area contributed by atoms with Crippen molar-refractivity contribution in [3.8, 4) is 0 Å². The molecular formula is C16H31NO2S. The van der Waals surface area contributed by atoms with Gasteiger partial charge in [0, 0.05) is 18.3 Å². The molecule has 0 aliphatic carbocycles. The van der Waals surface area contributed by atoms with Crippen LogP contribution in [0.15, 0.2) is 0 Å². The summed E-state index contributed by atoms with van der Waals surface area (Å²) in [4.78, 5) is 0. The van der Waals surface area contributed by atoms with E-state index in [0.29, 0.717) is 30.3 Å². The molecule has 0 aromatic rings. The van der Waals surface area contributed by atoms with E-state index in [9.17, 15) is 0 Å². The lowest BCUT2D eigenvalue weighted by molar-refractivity contribution is -0.0541. The van der Waals surface area contributed by atoms with Crippen molar-refractivity contribution in [3.63, 3.8) is 0 Å². The first-order chi connectivity index (χ1) is 9.67. The van der Waals surface area contributed by atoms with Crippen LogP contribution in [0.2, 0.25) is 0 Å². The van der Waals surface area contributed by atoms with E-state index in [4.69, 9.17) is 9.47 Å². The SMILES string of the molecule is CSCC1CCCC(CC(C)CC2CNC(C)CO2)O1. The minimum Gasteiger partial charge on any atom is -0.375 e. The maximum absolute atomic E-state index is 6.23. The first-order valence-corrected chi connectivity index (χ1v) is 9.56. The average molecular weight is 301 g/mol. The summed E-state index contributed by atoms with van der Waals surface area (Å²) < 4.78 is 12.1. The highest BCUT2D eigenvalue weighted by Gasteiger charge is 2.26. The maximum atomic E-state index is 6.23. The standard InChI is InChI=1S/C16H31NO2S/c1-12(8-16-9-17-13(2)10-18-16)7-14-5-4-6-15(19-14)11-20-3/h12-17H,4-11H2,1-3H3. The van der Waals surface area contributed by atoms with E-state index >= 15 is 0 Å². The van der Waals surface area contributed by atoms with Gasteiger partial charge < -0.3 is 14.8 Å². The molecule has 118 valence electrons. The number of morpholine rings is 1. The average Bonchev–Trinajstić information content (AvgIpc) is 2.42. The summed E-state index contributed by atoms with van der Waals surface area (Å²) in [5.74, 6) is 1.84. The molecule has 2 rings (SSSR count). The van der Waals surface area contributed by atoms with E-state index in [2.05, 4.69) is 25.4 Å². The van der Waals surface area contributed by atoms with Gasteiger partial charge in [0.2, 0.25) is 0 Å². The number of ether oxygens (including phenoxy) is 2. The molecule has 0 aromatic carbocycles. The number of nitrogens with one attached hydrogen (secondary N) is 1. The number of thioether (sulfide) groups is 1. The van der Waals surface area contributed by atoms with E-state index in [1.165, 1.54) is 25.7 Å². The van der Waals surface area contributed by atoms with E-state index in [1.807, 2.05) is 11.8 Å². The summed E-state index contributed by atoms with van der Waals surface area (Å²) in [6, 6.07) is 0.510. The predicted octanol–water partition coefficient (Wildman–Crippen LogP) is 3.08. The van der Waals surface area contributed by atoms with Crippen LogP contribution in [0.1, 0.15) is 46.0 Å². The molecule has 2 heterocycles. The minimum absolute atomic E-state index is 0.395. The fourth-order valence-corrected chi connectivity index (χ4v) is 3.96.